The Hall–Kier alpha value is -1.45. The summed E-state index contributed by atoms with van der Waals surface area (Å²) >= 11 is 0. The SMILES string of the molecule is C=CCCc1ccnc(NCB=O)c1. The number of hydrogen-bond acceptors (Lipinski definition) is 3. The monoisotopic (exact) mass is 188 g/mol. The average molecular weight is 188 g/mol. The number of nitrogens with zero attached hydrogens (tertiary/aromatic N) is 1. The minimum atomic E-state index is 0.303. The summed E-state index contributed by atoms with van der Waals surface area (Å²) in [6.07, 6.45) is 5.85. The molecule has 14 heavy (non-hydrogen) atoms. The number of hydrogen-bond donors (Lipinski definition) is 1. The van der Waals surface area contributed by atoms with Gasteiger partial charge in [0.15, 0.2) is 0 Å². The number of nitrogens with one attached hydrogen (secondary N) is 1. The van der Waals surface area contributed by atoms with Crippen molar-refractivity contribution in [1.29, 1.82) is 0 Å². The molecule has 3 nitrogen and oxygen atoms in total. The van der Waals surface area contributed by atoms with E-state index >= 15 is 0 Å². The van der Waals surface area contributed by atoms with Crippen molar-refractivity contribution >= 4 is 13.0 Å². The van der Waals surface area contributed by atoms with E-state index in [-0.39, 0.29) is 0 Å². The van der Waals surface area contributed by atoms with Gasteiger partial charge < -0.3 is 0 Å². The molecule has 0 aliphatic heterocycles. The maximum absolute atomic E-state index is 10.1. The molecule has 0 atom stereocenters. The summed E-state index contributed by atoms with van der Waals surface area (Å²) in [7, 11) is 0.818. The quantitative estimate of drug-likeness (QED) is 0.544. The number of aryl methyl sites for hydroxylation is 1. The predicted molar refractivity (Wildman–Crippen MR) is 57.7 cm³/mol. The molecule has 0 radical (unpaired) electrons. The summed E-state index contributed by atoms with van der Waals surface area (Å²) in [5.74, 6) is 0.749. The molecule has 0 unspecified atom stereocenters. The van der Waals surface area contributed by atoms with Crippen molar-refractivity contribution in [3.8, 4) is 0 Å². The summed E-state index contributed by atoms with van der Waals surface area (Å²) in [5.41, 5.74) is 1.20. The molecule has 0 saturated carbocycles. The van der Waals surface area contributed by atoms with Gasteiger partial charge >= 0.3 is 83.8 Å². The number of aromatic nitrogens is 1. The van der Waals surface area contributed by atoms with Crippen LogP contribution >= 0.6 is 0 Å². The molecule has 0 aliphatic rings. The maximum atomic E-state index is 10.1. The average Bonchev–Trinajstić information content (AvgIpc) is 2.24. The first kappa shape index (κ1) is 10.6. The van der Waals surface area contributed by atoms with Gasteiger partial charge in [0.2, 0.25) is 0 Å². The minimum absolute atomic E-state index is 0.303. The Morgan fingerprint density at radius 2 is 2.50 bits per heavy atom. The third kappa shape index (κ3) is 3.52. The first-order valence-corrected chi connectivity index (χ1v) is 4.60. The fourth-order valence-corrected chi connectivity index (χ4v) is 1.14. The third-order valence-electron chi connectivity index (χ3n) is 1.83. The number of rotatable bonds is 6. The van der Waals surface area contributed by atoms with Crippen molar-refractivity contribution in [1.82, 2.24) is 4.98 Å². The van der Waals surface area contributed by atoms with Crippen LogP contribution in [0.4, 0.5) is 5.82 Å². The Morgan fingerprint density at radius 3 is 3.21 bits per heavy atom. The Balaban J connectivity index is 2.58. The summed E-state index contributed by atoms with van der Waals surface area (Å²) in [5, 5.41) is 2.91. The molecule has 1 heterocycles. The molecule has 4 heteroatoms. The van der Waals surface area contributed by atoms with Gasteiger partial charge in [-0.25, -0.2) is 0 Å². The topological polar surface area (TPSA) is 42.0 Å². The van der Waals surface area contributed by atoms with E-state index in [1.165, 1.54) is 5.56 Å². The Morgan fingerprint density at radius 1 is 1.64 bits per heavy atom. The first-order valence-electron chi connectivity index (χ1n) is 4.60. The molecule has 0 spiro atoms. The van der Waals surface area contributed by atoms with Gasteiger partial charge in [-0.15, -0.1) is 0 Å². The Bertz CT molecular complexity index is 287. The van der Waals surface area contributed by atoms with E-state index in [0.717, 1.165) is 25.8 Å². The van der Waals surface area contributed by atoms with Gasteiger partial charge in [-0.05, 0) is 0 Å². The number of pyridine rings is 1. The molecule has 0 amide bonds. The van der Waals surface area contributed by atoms with Gasteiger partial charge in [-0.2, -0.15) is 0 Å². The zero-order chi connectivity index (χ0) is 10.2. The van der Waals surface area contributed by atoms with E-state index in [9.17, 15) is 4.70 Å². The van der Waals surface area contributed by atoms with Gasteiger partial charge in [0.25, 0.3) is 0 Å². The second-order valence-electron chi connectivity index (χ2n) is 2.92. The molecule has 0 fully saturated rings. The van der Waals surface area contributed by atoms with Crippen LogP contribution in [0.25, 0.3) is 0 Å². The van der Waals surface area contributed by atoms with Crippen LogP contribution in [0.2, 0.25) is 0 Å². The van der Waals surface area contributed by atoms with E-state index in [4.69, 9.17) is 0 Å². The van der Waals surface area contributed by atoms with Crippen LogP contribution in [0.3, 0.4) is 0 Å². The van der Waals surface area contributed by atoms with E-state index < -0.39 is 0 Å². The molecule has 1 rings (SSSR count). The molecule has 0 saturated heterocycles. The molecular weight excluding hydrogens is 175 g/mol. The summed E-state index contributed by atoms with van der Waals surface area (Å²) in [4.78, 5) is 4.09. The van der Waals surface area contributed by atoms with Crippen molar-refractivity contribution in [2.24, 2.45) is 0 Å². The molecule has 0 aliphatic carbocycles. The van der Waals surface area contributed by atoms with Crippen molar-refractivity contribution in [2.45, 2.75) is 12.8 Å². The van der Waals surface area contributed by atoms with Crippen LogP contribution in [0, 0.1) is 0 Å². The van der Waals surface area contributed by atoms with Gasteiger partial charge in [-0.1, -0.05) is 0 Å². The Kier molecular flexibility index (Phi) is 4.62. The zero-order valence-electron chi connectivity index (χ0n) is 8.07. The second-order valence-corrected chi connectivity index (χ2v) is 2.92. The molecule has 1 N–H and O–H groups in total. The van der Waals surface area contributed by atoms with Gasteiger partial charge in [0, 0.05) is 0 Å². The van der Waals surface area contributed by atoms with E-state index in [1.54, 1.807) is 6.20 Å². The van der Waals surface area contributed by atoms with E-state index in [2.05, 4.69) is 16.9 Å². The van der Waals surface area contributed by atoms with Crippen LogP contribution in [0.5, 0.6) is 0 Å². The number of allylic oxidation sites excluding steroid dienone is 1. The predicted octanol–water partition coefficient (Wildman–Crippen LogP) is 1.62. The van der Waals surface area contributed by atoms with Crippen molar-refractivity contribution in [3.63, 3.8) is 0 Å². The summed E-state index contributed by atoms with van der Waals surface area (Å²) in [6, 6.07) is 3.92. The van der Waals surface area contributed by atoms with Gasteiger partial charge in [-0.3, -0.25) is 0 Å². The molecule has 0 bridgehead atoms. The zero-order valence-corrected chi connectivity index (χ0v) is 8.07. The van der Waals surface area contributed by atoms with Gasteiger partial charge in [0.05, 0.1) is 0 Å². The molecule has 1 aromatic rings. The van der Waals surface area contributed by atoms with Crippen molar-refractivity contribution in [2.75, 3.05) is 11.8 Å². The first-order chi connectivity index (χ1) is 6.86. The second kappa shape index (κ2) is 6.08. The third-order valence-corrected chi connectivity index (χ3v) is 1.83. The molecular formula is C10H13BN2O. The molecule has 1 aromatic heterocycles. The van der Waals surface area contributed by atoms with E-state index in [1.807, 2.05) is 18.2 Å². The summed E-state index contributed by atoms with van der Waals surface area (Å²) in [6.45, 7) is 3.67. The van der Waals surface area contributed by atoms with Crippen LogP contribution in [0.15, 0.2) is 31.0 Å². The molecule has 72 valence electrons. The van der Waals surface area contributed by atoms with Crippen LogP contribution in [-0.4, -0.2) is 18.6 Å². The number of anilines is 1. The normalized spacial score (nSPS) is 9.14. The van der Waals surface area contributed by atoms with E-state index in [0.29, 0.717) is 6.44 Å². The summed E-state index contributed by atoms with van der Waals surface area (Å²) < 4.78 is 10.1. The van der Waals surface area contributed by atoms with Crippen molar-refractivity contribution < 1.29 is 4.70 Å². The van der Waals surface area contributed by atoms with Crippen molar-refractivity contribution in [3.05, 3.63) is 36.5 Å². The standard InChI is InChI=1S/C10H13BN2O/c1-2-3-4-9-5-6-12-10(7-9)13-8-11-14/h2,5-7H,1,3-4,8H2,(H,12,13). The fourth-order valence-electron chi connectivity index (χ4n) is 1.14. The Labute approximate surface area is 84.5 Å². The van der Waals surface area contributed by atoms with Crippen LogP contribution in [0.1, 0.15) is 12.0 Å². The van der Waals surface area contributed by atoms with Gasteiger partial charge in [0.1, 0.15) is 0 Å². The fraction of sp³-hybridized carbons (Fsp3) is 0.300. The van der Waals surface area contributed by atoms with Crippen LogP contribution < -0.4 is 5.32 Å². The molecule has 0 aromatic carbocycles. The van der Waals surface area contributed by atoms with Crippen LogP contribution in [-0.2, 0) is 11.1 Å².